The van der Waals surface area contributed by atoms with Gasteiger partial charge in [0.05, 0.1) is 36.9 Å². The summed E-state index contributed by atoms with van der Waals surface area (Å²) in [7, 11) is 1.89. The lowest BCUT2D eigenvalue weighted by atomic mass is 9.93. The monoisotopic (exact) mass is 667 g/mol. The third-order valence-electron chi connectivity index (χ3n) is 8.89. The van der Waals surface area contributed by atoms with Crippen LogP contribution in [-0.4, -0.2) is 45.3 Å². The molecule has 0 saturated carbocycles. The van der Waals surface area contributed by atoms with Crippen LogP contribution in [0.15, 0.2) is 76.3 Å². The number of likely N-dealkylation sites (N-methyl/N-ethyl adjacent to an activating group) is 1. The lowest BCUT2D eigenvalue weighted by Crippen LogP contribution is -2.46. The van der Waals surface area contributed by atoms with Crippen LogP contribution in [0.25, 0.3) is 11.1 Å². The SMILES string of the molecule is Cc1c(-c2cccc(OCCCCCC(=O)O)c2)c(=O)n(C[C@H]2c3ccccc3CCN2C)c(=O)n1Cc1c(F)cccc1C(F)(F)F. The number of alkyl halides is 3. The van der Waals surface area contributed by atoms with Crippen LogP contribution in [-0.2, 0) is 30.5 Å². The van der Waals surface area contributed by atoms with Gasteiger partial charge in [-0.3, -0.25) is 23.6 Å². The molecule has 1 aliphatic heterocycles. The Hall–Kier alpha value is -4.71. The number of nitrogens with zero attached hydrogens (tertiary/aromatic N) is 3. The number of benzene rings is 3. The minimum Gasteiger partial charge on any atom is -0.494 e. The first kappa shape index (κ1) is 34.6. The van der Waals surface area contributed by atoms with Crippen LogP contribution < -0.4 is 16.0 Å². The molecule has 3 aromatic carbocycles. The predicted molar refractivity (Wildman–Crippen MR) is 173 cm³/mol. The van der Waals surface area contributed by atoms with Gasteiger partial charge in [-0.2, -0.15) is 13.2 Å². The Morgan fingerprint density at radius 3 is 2.48 bits per heavy atom. The molecule has 48 heavy (non-hydrogen) atoms. The van der Waals surface area contributed by atoms with Crippen LogP contribution in [0.2, 0.25) is 0 Å². The highest BCUT2D eigenvalue weighted by atomic mass is 19.4. The van der Waals surface area contributed by atoms with Crippen molar-refractivity contribution < 1.29 is 32.2 Å². The van der Waals surface area contributed by atoms with E-state index in [0.717, 1.165) is 44.9 Å². The summed E-state index contributed by atoms with van der Waals surface area (Å²) in [5.74, 6) is -1.56. The van der Waals surface area contributed by atoms with Crippen molar-refractivity contribution in [2.75, 3.05) is 20.2 Å². The minimum atomic E-state index is -4.87. The summed E-state index contributed by atoms with van der Waals surface area (Å²) in [5, 5.41) is 8.83. The molecular weight excluding hydrogens is 630 g/mol. The second-order valence-electron chi connectivity index (χ2n) is 12.0. The molecule has 0 fully saturated rings. The Bertz CT molecular complexity index is 1920. The van der Waals surface area contributed by atoms with E-state index in [2.05, 4.69) is 0 Å². The molecule has 2 heterocycles. The van der Waals surface area contributed by atoms with Gasteiger partial charge < -0.3 is 9.84 Å². The third-order valence-corrected chi connectivity index (χ3v) is 8.89. The van der Waals surface area contributed by atoms with Crippen LogP contribution in [0.4, 0.5) is 17.6 Å². The second kappa shape index (κ2) is 14.6. The molecule has 5 rings (SSSR count). The van der Waals surface area contributed by atoms with Gasteiger partial charge in [-0.25, -0.2) is 9.18 Å². The summed E-state index contributed by atoms with van der Waals surface area (Å²) >= 11 is 0. The van der Waals surface area contributed by atoms with Crippen molar-refractivity contribution in [2.45, 2.75) is 64.3 Å². The Balaban J connectivity index is 1.60. The zero-order valence-electron chi connectivity index (χ0n) is 26.7. The Kier molecular flexibility index (Phi) is 10.5. The molecule has 1 aromatic heterocycles. The minimum absolute atomic E-state index is 0.0658. The Morgan fingerprint density at radius 2 is 1.73 bits per heavy atom. The zero-order valence-corrected chi connectivity index (χ0v) is 26.7. The van der Waals surface area contributed by atoms with Crippen molar-refractivity contribution in [1.29, 1.82) is 0 Å². The fourth-order valence-corrected chi connectivity index (χ4v) is 6.30. The maximum atomic E-state index is 15.1. The molecule has 1 atom stereocenters. The smallest absolute Gasteiger partial charge is 0.416 e. The van der Waals surface area contributed by atoms with E-state index in [9.17, 15) is 27.6 Å². The molecule has 0 radical (unpaired) electrons. The maximum absolute atomic E-state index is 15.1. The van der Waals surface area contributed by atoms with Crippen LogP contribution in [0.1, 0.15) is 59.7 Å². The first-order valence-electron chi connectivity index (χ1n) is 15.8. The van der Waals surface area contributed by atoms with E-state index >= 15 is 4.39 Å². The van der Waals surface area contributed by atoms with Crippen LogP contribution in [0.5, 0.6) is 5.75 Å². The normalized spacial score (nSPS) is 14.9. The van der Waals surface area contributed by atoms with Crippen molar-refractivity contribution in [3.05, 3.63) is 121 Å². The number of ether oxygens (including phenoxy) is 1. The lowest BCUT2D eigenvalue weighted by molar-refractivity contribution is -0.138. The van der Waals surface area contributed by atoms with Crippen LogP contribution >= 0.6 is 0 Å². The van der Waals surface area contributed by atoms with Gasteiger partial charge in [0.2, 0.25) is 0 Å². The summed E-state index contributed by atoms with van der Waals surface area (Å²) in [6.45, 7) is 1.61. The number of unbranched alkanes of at least 4 members (excludes halogenated alkanes) is 2. The van der Waals surface area contributed by atoms with Gasteiger partial charge in [-0.15, -0.1) is 0 Å². The second-order valence-corrected chi connectivity index (χ2v) is 12.0. The molecular formula is C36H37F4N3O5. The molecule has 0 unspecified atom stereocenters. The molecule has 4 aromatic rings. The van der Waals surface area contributed by atoms with E-state index in [0.29, 0.717) is 43.7 Å². The summed E-state index contributed by atoms with van der Waals surface area (Å²) in [6.07, 6.45) is -2.26. The van der Waals surface area contributed by atoms with Gasteiger partial charge in [-0.1, -0.05) is 42.5 Å². The number of fused-ring (bicyclic) bond motifs is 1. The molecule has 0 amide bonds. The number of aromatic nitrogens is 2. The van der Waals surface area contributed by atoms with E-state index in [1.165, 1.54) is 6.92 Å². The van der Waals surface area contributed by atoms with Crippen molar-refractivity contribution in [1.82, 2.24) is 14.0 Å². The van der Waals surface area contributed by atoms with E-state index in [1.54, 1.807) is 24.3 Å². The molecule has 1 N–H and O–H groups in total. The number of rotatable bonds is 12. The highest BCUT2D eigenvalue weighted by Crippen LogP contribution is 2.34. The largest absolute Gasteiger partial charge is 0.494 e. The average Bonchev–Trinajstić information content (AvgIpc) is 3.04. The predicted octanol–water partition coefficient (Wildman–Crippen LogP) is 6.44. The molecule has 12 heteroatoms. The Morgan fingerprint density at radius 1 is 0.979 bits per heavy atom. The maximum Gasteiger partial charge on any atom is 0.416 e. The van der Waals surface area contributed by atoms with Gasteiger partial charge in [0, 0.05) is 24.2 Å². The summed E-state index contributed by atoms with van der Waals surface area (Å²) in [5.41, 5.74) is -0.805. The zero-order chi connectivity index (χ0) is 34.6. The van der Waals surface area contributed by atoms with Crippen molar-refractivity contribution in [2.24, 2.45) is 0 Å². The quantitative estimate of drug-likeness (QED) is 0.138. The van der Waals surface area contributed by atoms with Crippen molar-refractivity contribution >= 4 is 5.97 Å². The van der Waals surface area contributed by atoms with Gasteiger partial charge in [-0.05, 0) is 80.6 Å². The van der Waals surface area contributed by atoms with E-state index in [4.69, 9.17) is 9.84 Å². The number of carboxylic acid groups (broad SMARTS) is 1. The third kappa shape index (κ3) is 7.54. The summed E-state index contributed by atoms with van der Waals surface area (Å²) < 4.78 is 65.0. The van der Waals surface area contributed by atoms with E-state index < -0.39 is 46.9 Å². The molecule has 1 aliphatic rings. The molecule has 254 valence electrons. The molecule has 0 bridgehead atoms. The summed E-state index contributed by atoms with van der Waals surface area (Å²) in [6, 6.07) is 16.6. The van der Waals surface area contributed by atoms with E-state index in [1.807, 2.05) is 36.2 Å². The number of halogens is 4. The standard InChI is InChI=1S/C36H37F4N3O5/c1-23-33(25-11-8-12-26(20-25)48-19-7-3-4-16-32(44)45)34(46)43(22-31-27-13-6-5-10-24(27)17-18-41(31)2)35(47)42(23)21-28-29(36(38,39)40)14-9-15-30(28)37/h5-6,8-15,20,31H,3-4,7,16-19,21-22H2,1-2H3,(H,44,45)/t31-/m0/s1. The number of carboxylic acids is 1. The van der Waals surface area contributed by atoms with Gasteiger partial charge in [0.15, 0.2) is 0 Å². The Labute approximate surface area is 274 Å². The fourth-order valence-electron chi connectivity index (χ4n) is 6.30. The van der Waals surface area contributed by atoms with Gasteiger partial charge in [0.25, 0.3) is 5.56 Å². The van der Waals surface area contributed by atoms with Crippen molar-refractivity contribution in [3.63, 3.8) is 0 Å². The van der Waals surface area contributed by atoms with Crippen LogP contribution in [0.3, 0.4) is 0 Å². The highest BCUT2D eigenvalue weighted by molar-refractivity contribution is 5.67. The van der Waals surface area contributed by atoms with Gasteiger partial charge in [0.1, 0.15) is 11.6 Å². The fraction of sp³-hybridized carbons (Fsp3) is 0.361. The number of aliphatic carboxylic acids is 1. The number of hydrogen-bond acceptors (Lipinski definition) is 5. The molecule has 0 aliphatic carbocycles. The van der Waals surface area contributed by atoms with Crippen molar-refractivity contribution in [3.8, 4) is 16.9 Å². The highest BCUT2D eigenvalue weighted by Gasteiger charge is 2.35. The van der Waals surface area contributed by atoms with Crippen LogP contribution in [0, 0.1) is 12.7 Å². The van der Waals surface area contributed by atoms with E-state index in [-0.39, 0.29) is 30.3 Å². The molecule has 0 spiro atoms. The lowest BCUT2D eigenvalue weighted by Gasteiger charge is -2.35. The first-order chi connectivity index (χ1) is 22.9. The van der Waals surface area contributed by atoms with Gasteiger partial charge >= 0.3 is 17.8 Å². The topological polar surface area (TPSA) is 93.8 Å². The molecule has 0 saturated heterocycles. The summed E-state index contributed by atoms with van der Waals surface area (Å²) in [4.78, 5) is 41.2. The number of hydrogen-bond donors (Lipinski definition) is 1. The first-order valence-corrected chi connectivity index (χ1v) is 15.8. The average molecular weight is 668 g/mol. The molecule has 8 nitrogen and oxygen atoms in total. The number of carbonyl (C=O) groups is 1.